The van der Waals surface area contributed by atoms with Crippen LogP contribution >= 0.6 is 0 Å². The Morgan fingerprint density at radius 3 is 2.93 bits per heavy atom. The fourth-order valence-corrected chi connectivity index (χ4v) is 2.21. The van der Waals surface area contributed by atoms with E-state index in [1.54, 1.807) is 6.08 Å². The summed E-state index contributed by atoms with van der Waals surface area (Å²) in [5.41, 5.74) is 5.49. The van der Waals surface area contributed by atoms with E-state index in [1.165, 1.54) is 6.42 Å². The van der Waals surface area contributed by atoms with Crippen molar-refractivity contribution in [2.75, 3.05) is 0 Å². The highest BCUT2D eigenvalue weighted by atomic mass is 16.2. The first-order chi connectivity index (χ1) is 6.98. The van der Waals surface area contributed by atoms with Crippen LogP contribution in [0.2, 0.25) is 0 Å². The molecule has 3 nitrogen and oxygen atoms in total. The summed E-state index contributed by atoms with van der Waals surface area (Å²) >= 11 is 0. The highest BCUT2D eigenvalue weighted by molar-refractivity contribution is 5.86. The molecule has 0 spiro atoms. The molecule has 1 rings (SSSR count). The SMILES string of the molecule is C=CC(C)NC(=O)C1(N)CCCC(C)C1. The summed E-state index contributed by atoms with van der Waals surface area (Å²) < 4.78 is 0. The third-order valence-electron chi connectivity index (χ3n) is 3.20. The number of hydrogen-bond acceptors (Lipinski definition) is 2. The van der Waals surface area contributed by atoms with Crippen molar-refractivity contribution in [1.82, 2.24) is 5.32 Å². The first-order valence-electron chi connectivity index (χ1n) is 5.70. The molecule has 0 saturated heterocycles. The standard InChI is InChI=1S/C12H22N2O/c1-4-10(3)14-11(15)12(13)7-5-6-9(2)8-12/h4,9-10H,1,5-8,13H2,2-3H3,(H,14,15). The molecular weight excluding hydrogens is 188 g/mol. The molecular formula is C12H22N2O. The minimum absolute atomic E-state index is 0.00448. The fourth-order valence-electron chi connectivity index (χ4n) is 2.21. The van der Waals surface area contributed by atoms with Crippen molar-refractivity contribution in [2.24, 2.45) is 11.7 Å². The van der Waals surface area contributed by atoms with E-state index >= 15 is 0 Å². The van der Waals surface area contributed by atoms with Crippen LogP contribution in [0.15, 0.2) is 12.7 Å². The quantitative estimate of drug-likeness (QED) is 0.695. The van der Waals surface area contributed by atoms with Crippen LogP contribution in [-0.4, -0.2) is 17.5 Å². The average molecular weight is 210 g/mol. The van der Waals surface area contributed by atoms with Crippen LogP contribution in [0.4, 0.5) is 0 Å². The summed E-state index contributed by atoms with van der Waals surface area (Å²) in [6.07, 6.45) is 5.54. The van der Waals surface area contributed by atoms with Crippen molar-refractivity contribution in [3.63, 3.8) is 0 Å². The summed E-state index contributed by atoms with van der Waals surface area (Å²) in [6.45, 7) is 7.70. The second-order valence-electron chi connectivity index (χ2n) is 4.86. The van der Waals surface area contributed by atoms with Gasteiger partial charge in [0, 0.05) is 6.04 Å². The van der Waals surface area contributed by atoms with E-state index in [0.29, 0.717) is 5.92 Å². The number of nitrogens with two attached hydrogens (primary N) is 1. The van der Waals surface area contributed by atoms with Gasteiger partial charge in [0.05, 0.1) is 5.54 Å². The summed E-state index contributed by atoms with van der Waals surface area (Å²) in [6, 6.07) is -0.00448. The Bertz CT molecular complexity index is 252. The summed E-state index contributed by atoms with van der Waals surface area (Å²) in [5.74, 6) is 0.523. The van der Waals surface area contributed by atoms with Gasteiger partial charge in [0.25, 0.3) is 0 Å². The molecule has 0 aromatic heterocycles. The smallest absolute Gasteiger partial charge is 0.240 e. The third-order valence-corrected chi connectivity index (χ3v) is 3.20. The molecule has 1 fully saturated rings. The van der Waals surface area contributed by atoms with E-state index in [1.807, 2.05) is 6.92 Å². The number of hydrogen-bond donors (Lipinski definition) is 2. The Kier molecular flexibility index (Phi) is 3.91. The largest absolute Gasteiger partial charge is 0.349 e. The van der Waals surface area contributed by atoms with Gasteiger partial charge >= 0.3 is 0 Å². The van der Waals surface area contributed by atoms with E-state index in [-0.39, 0.29) is 11.9 Å². The van der Waals surface area contributed by atoms with E-state index in [4.69, 9.17) is 5.73 Å². The Morgan fingerprint density at radius 1 is 1.73 bits per heavy atom. The molecule has 0 aromatic carbocycles. The molecule has 1 amide bonds. The van der Waals surface area contributed by atoms with E-state index < -0.39 is 5.54 Å². The Labute approximate surface area is 92.1 Å². The Balaban J connectivity index is 2.59. The van der Waals surface area contributed by atoms with Gasteiger partial charge in [-0.1, -0.05) is 25.8 Å². The van der Waals surface area contributed by atoms with Crippen molar-refractivity contribution >= 4 is 5.91 Å². The van der Waals surface area contributed by atoms with E-state index in [0.717, 1.165) is 19.3 Å². The van der Waals surface area contributed by atoms with Crippen LogP contribution in [-0.2, 0) is 4.79 Å². The van der Waals surface area contributed by atoms with Crippen LogP contribution in [0.1, 0.15) is 39.5 Å². The molecule has 1 aliphatic carbocycles. The van der Waals surface area contributed by atoms with Gasteiger partial charge in [0.15, 0.2) is 0 Å². The van der Waals surface area contributed by atoms with Crippen LogP contribution < -0.4 is 11.1 Å². The van der Waals surface area contributed by atoms with Crippen molar-refractivity contribution < 1.29 is 4.79 Å². The Hall–Kier alpha value is -0.830. The maximum atomic E-state index is 12.0. The zero-order chi connectivity index (χ0) is 11.5. The van der Waals surface area contributed by atoms with Crippen LogP contribution in [0.3, 0.4) is 0 Å². The third kappa shape index (κ3) is 3.06. The maximum Gasteiger partial charge on any atom is 0.240 e. The molecule has 0 aliphatic heterocycles. The van der Waals surface area contributed by atoms with Gasteiger partial charge < -0.3 is 11.1 Å². The fraction of sp³-hybridized carbons (Fsp3) is 0.750. The maximum absolute atomic E-state index is 12.0. The average Bonchev–Trinajstić information content (AvgIpc) is 2.17. The summed E-state index contributed by atoms with van der Waals surface area (Å²) in [7, 11) is 0. The predicted octanol–water partition coefficient (Wildman–Crippen LogP) is 1.58. The van der Waals surface area contributed by atoms with Gasteiger partial charge in [-0.3, -0.25) is 4.79 Å². The van der Waals surface area contributed by atoms with Gasteiger partial charge in [-0.15, -0.1) is 6.58 Å². The van der Waals surface area contributed by atoms with Gasteiger partial charge in [0.1, 0.15) is 0 Å². The molecule has 0 aromatic rings. The Morgan fingerprint density at radius 2 is 2.40 bits per heavy atom. The summed E-state index contributed by atoms with van der Waals surface area (Å²) in [5, 5.41) is 2.88. The normalized spacial score (nSPS) is 33.1. The molecule has 3 N–H and O–H groups in total. The molecule has 0 heterocycles. The second-order valence-corrected chi connectivity index (χ2v) is 4.86. The minimum Gasteiger partial charge on any atom is -0.349 e. The molecule has 0 bridgehead atoms. The molecule has 1 saturated carbocycles. The lowest BCUT2D eigenvalue weighted by Gasteiger charge is -2.35. The molecule has 3 atom stereocenters. The van der Waals surface area contributed by atoms with Crippen LogP contribution in [0, 0.1) is 5.92 Å². The molecule has 0 radical (unpaired) electrons. The minimum atomic E-state index is -0.658. The molecule has 15 heavy (non-hydrogen) atoms. The van der Waals surface area contributed by atoms with Gasteiger partial charge in [-0.2, -0.15) is 0 Å². The first kappa shape index (κ1) is 12.2. The van der Waals surface area contributed by atoms with Crippen molar-refractivity contribution in [3.8, 4) is 0 Å². The summed E-state index contributed by atoms with van der Waals surface area (Å²) in [4.78, 5) is 12.0. The topological polar surface area (TPSA) is 55.1 Å². The van der Waals surface area contributed by atoms with Gasteiger partial charge in [0.2, 0.25) is 5.91 Å². The van der Waals surface area contributed by atoms with Crippen molar-refractivity contribution in [1.29, 1.82) is 0 Å². The molecule has 3 heteroatoms. The van der Waals surface area contributed by atoms with E-state index in [2.05, 4.69) is 18.8 Å². The number of amides is 1. The van der Waals surface area contributed by atoms with Crippen molar-refractivity contribution in [3.05, 3.63) is 12.7 Å². The number of nitrogens with one attached hydrogen (secondary N) is 1. The first-order valence-corrected chi connectivity index (χ1v) is 5.70. The van der Waals surface area contributed by atoms with Crippen LogP contribution in [0.5, 0.6) is 0 Å². The number of carbonyl (C=O) groups is 1. The zero-order valence-electron chi connectivity index (χ0n) is 9.75. The monoisotopic (exact) mass is 210 g/mol. The second kappa shape index (κ2) is 4.79. The van der Waals surface area contributed by atoms with E-state index in [9.17, 15) is 4.79 Å². The number of carbonyl (C=O) groups excluding carboxylic acids is 1. The lowest BCUT2D eigenvalue weighted by molar-refractivity contribution is -0.128. The highest BCUT2D eigenvalue weighted by Crippen LogP contribution is 2.30. The lowest BCUT2D eigenvalue weighted by atomic mass is 9.76. The van der Waals surface area contributed by atoms with Crippen LogP contribution in [0.25, 0.3) is 0 Å². The lowest BCUT2D eigenvalue weighted by Crippen LogP contribution is -2.57. The number of rotatable bonds is 3. The van der Waals surface area contributed by atoms with Gasteiger partial charge in [-0.25, -0.2) is 0 Å². The van der Waals surface area contributed by atoms with Gasteiger partial charge in [-0.05, 0) is 25.7 Å². The predicted molar refractivity (Wildman–Crippen MR) is 62.4 cm³/mol. The highest BCUT2D eigenvalue weighted by Gasteiger charge is 2.37. The van der Waals surface area contributed by atoms with Crippen molar-refractivity contribution in [2.45, 2.75) is 51.1 Å². The molecule has 1 aliphatic rings. The molecule has 3 unspecified atom stereocenters. The zero-order valence-corrected chi connectivity index (χ0v) is 9.75. The molecule has 86 valence electrons.